The zero-order valence-electron chi connectivity index (χ0n) is 8.57. The molecule has 0 amide bonds. The van der Waals surface area contributed by atoms with Crippen LogP contribution in [0.15, 0.2) is 18.5 Å². The van der Waals surface area contributed by atoms with Crippen molar-refractivity contribution in [2.45, 2.75) is 6.54 Å². The number of aromatic nitrogens is 4. The number of rotatable bonds is 4. The molecule has 0 saturated heterocycles. The van der Waals surface area contributed by atoms with Crippen LogP contribution in [0, 0.1) is 17.6 Å². The third kappa shape index (κ3) is 2.71. The van der Waals surface area contributed by atoms with Crippen molar-refractivity contribution in [3.63, 3.8) is 0 Å². The van der Waals surface area contributed by atoms with Crippen LogP contribution < -0.4 is 5.32 Å². The van der Waals surface area contributed by atoms with Crippen molar-refractivity contribution in [2.24, 2.45) is 0 Å². The van der Waals surface area contributed by atoms with Crippen molar-refractivity contribution >= 4 is 5.82 Å². The zero-order valence-corrected chi connectivity index (χ0v) is 8.57. The summed E-state index contributed by atoms with van der Waals surface area (Å²) in [6, 6.07) is 0.445. The fourth-order valence-corrected chi connectivity index (χ4v) is 1.21. The number of nitrogens with one attached hydrogen (secondary N) is 1. The summed E-state index contributed by atoms with van der Waals surface area (Å²) in [5, 5.41) is 9.79. The highest BCUT2D eigenvalue weighted by atomic mass is 19.2. The van der Waals surface area contributed by atoms with Gasteiger partial charge in [-0.3, -0.25) is 4.68 Å². The first-order chi connectivity index (χ1) is 8.16. The summed E-state index contributed by atoms with van der Waals surface area (Å²) < 4.78 is 40.0. The predicted octanol–water partition coefficient (Wildman–Crippen LogP) is 1.20. The Morgan fingerprint density at radius 2 is 2.06 bits per heavy atom. The van der Waals surface area contributed by atoms with E-state index in [9.17, 15) is 13.2 Å². The topological polar surface area (TPSA) is 55.6 Å². The second kappa shape index (κ2) is 4.81. The summed E-state index contributed by atoms with van der Waals surface area (Å²) in [5.41, 5.74) is 0. The van der Waals surface area contributed by atoms with E-state index in [0.29, 0.717) is 12.6 Å². The smallest absolute Gasteiger partial charge is 0.251 e. The van der Waals surface area contributed by atoms with Crippen LogP contribution in [0.1, 0.15) is 0 Å². The van der Waals surface area contributed by atoms with E-state index in [4.69, 9.17) is 0 Å². The van der Waals surface area contributed by atoms with Crippen LogP contribution in [0.5, 0.6) is 0 Å². The number of hydrogen-bond donors (Lipinski definition) is 1. The first-order valence-corrected chi connectivity index (χ1v) is 4.76. The van der Waals surface area contributed by atoms with E-state index < -0.39 is 17.6 Å². The Kier molecular flexibility index (Phi) is 3.22. The molecule has 2 rings (SSSR count). The Morgan fingerprint density at radius 3 is 2.76 bits per heavy atom. The second-order valence-electron chi connectivity index (χ2n) is 3.18. The normalized spacial score (nSPS) is 10.5. The van der Waals surface area contributed by atoms with E-state index in [1.807, 2.05) is 0 Å². The van der Waals surface area contributed by atoms with Crippen molar-refractivity contribution in [3.05, 3.63) is 36.0 Å². The van der Waals surface area contributed by atoms with Gasteiger partial charge >= 0.3 is 0 Å². The maximum atomic E-state index is 13.1. The molecule has 0 aliphatic carbocycles. The number of hydrogen-bond acceptors (Lipinski definition) is 4. The van der Waals surface area contributed by atoms with Crippen molar-refractivity contribution in [1.29, 1.82) is 0 Å². The Hall–Kier alpha value is -2.12. The molecule has 0 fully saturated rings. The molecule has 0 spiro atoms. The van der Waals surface area contributed by atoms with Gasteiger partial charge in [0.15, 0.2) is 17.5 Å². The Bertz CT molecular complexity index is 500. The molecule has 5 nitrogen and oxygen atoms in total. The average molecular weight is 243 g/mol. The van der Waals surface area contributed by atoms with Crippen LogP contribution in [0.25, 0.3) is 0 Å². The third-order valence-electron chi connectivity index (χ3n) is 1.99. The van der Waals surface area contributed by atoms with Gasteiger partial charge < -0.3 is 5.32 Å². The quantitative estimate of drug-likeness (QED) is 0.820. The second-order valence-corrected chi connectivity index (χ2v) is 3.18. The van der Waals surface area contributed by atoms with Crippen LogP contribution in [-0.4, -0.2) is 26.5 Å². The van der Waals surface area contributed by atoms with Gasteiger partial charge in [-0.05, 0) is 0 Å². The van der Waals surface area contributed by atoms with Gasteiger partial charge in [0.2, 0.25) is 0 Å². The monoisotopic (exact) mass is 243 g/mol. The minimum Gasteiger partial charge on any atom is -0.366 e. The molecule has 0 aromatic carbocycles. The first kappa shape index (κ1) is 11.4. The standard InChI is InChI=1S/C9H8F3N5/c10-6-5-7(11)9(15-8(6)12)13-1-3-17-4-2-14-16-17/h2,4-5H,1,3H2,(H,13,15). The molecule has 0 bridgehead atoms. The zero-order chi connectivity index (χ0) is 12.3. The molecular formula is C9H8F3N5. The maximum Gasteiger partial charge on any atom is 0.251 e. The van der Waals surface area contributed by atoms with Gasteiger partial charge in [-0.15, -0.1) is 5.10 Å². The Labute approximate surface area is 94.3 Å². The molecule has 0 radical (unpaired) electrons. The summed E-state index contributed by atoms with van der Waals surface area (Å²) in [6.07, 6.45) is 3.12. The van der Waals surface area contributed by atoms with Crippen LogP contribution in [-0.2, 0) is 6.54 Å². The SMILES string of the molecule is Fc1cc(F)c(NCCn2ccnn2)nc1F. The van der Waals surface area contributed by atoms with Gasteiger partial charge in [-0.2, -0.15) is 9.37 Å². The summed E-state index contributed by atoms with van der Waals surface area (Å²) in [6.45, 7) is 0.665. The minimum absolute atomic E-state index is 0.262. The molecule has 2 heterocycles. The Morgan fingerprint density at radius 1 is 1.24 bits per heavy atom. The van der Waals surface area contributed by atoms with Gasteiger partial charge in [0.05, 0.1) is 12.7 Å². The molecule has 8 heteroatoms. The van der Waals surface area contributed by atoms with Crippen molar-refractivity contribution in [2.75, 3.05) is 11.9 Å². The lowest BCUT2D eigenvalue weighted by Crippen LogP contribution is -2.13. The summed E-state index contributed by atoms with van der Waals surface area (Å²) >= 11 is 0. The lowest BCUT2D eigenvalue weighted by Gasteiger charge is -2.06. The summed E-state index contributed by atoms with van der Waals surface area (Å²) in [5.74, 6) is -3.93. The lowest BCUT2D eigenvalue weighted by atomic mass is 10.4. The van der Waals surface area contributed by atoms with E-state index in [-0.39, 0.29) is 12.4 Å². The van der Waals surface area contributed by atoms with Crippen LogP contribution in [0.2, 0.25) is 0 Å². The number of halogens is 3. The lowest BCUT2D eigenvalue weighted by molar-refractivity contribution is 0.466. The van der Waals surface area contributed by atoms with Gasteiger partial charge in [0.1, 0.15) is 0 Å². The number of nitrogens with zero attached hydrogens (tertiary/aromatic N) is 4. The minimum atomic E-state index is -1.34. The third-order valence-corrected chi connectivity index (χ3v) is 1.99. The molecule has 0 atom stereocenters. The maximum absolute atomic E-state index is 13.1. The van der Waals surface area contributed by atoms with Crippen molar-refractivity contribution in [3.8, 4) is 0 Å². The number of anilines is 1. The summed E-state index contributed by atoms with van der Waals surface area (Å²) in [7, 11) is 0. The van der Waals surface area contributed by atoms with E-state index in [0.717, 1.165) is 0 Å². The van der Waals surface area contributed by atoms with Gasteiger partial charge in [-0.25, -0.2) is 8.78 Å². The van der Waals surface area contributed by atoms with Gasteiger partial charge in [0, 0.05) is 18.8 Å². The van der Waals surface area contributed by atoms with E-state index in [1.54, 1.807) is 6.20 Å². The molecule has 1 N–H and O–H groups in total. The summed E-state index contributed by atoms with van der Waals surface area (Å²) in [4.78, 5) is 3.12. The highest BCUT2D eigenvalue weighted by Gasteiger charge is 2.10. The molecule has 0 saturated carbocycles. The molecule has 0 aliphatic heterocycles. The average Bonchev–Trinajstić information content (AvgIpc) is 2.78. The number of pyridine rings is 1. The molecule has 17 heavy (non-hydrogen) atoms. The molecule has 2 aromatic rings. The fourth-order valence-electron chi connectivity index (χ4n) is 1.21. The van der Waals surface area contributed by atoms with E-state index in [1.165, 1.54) is 10.9 Å². The molecule has 2 aromatic heterocycles. The largest absolute Gasteiger partial charge is 0.366 e. The molecular weight excluding hydrogens is 235 g/mol. The van der Waals surface area contributed by atoms with Gasteiger partial charge in [-0.1, -0.05) is 5.21 Å². The van der Waals surface area contributed by atoms with E-state index >= 15 is 0 Å². The highest BCUT2D eigenvalue weighted by Crippen LogP contribution is 2.13. The van der Waals surface area contributed by atoms with E-state index in [2.05, 4.69) is 20.6 Å². The van der Waals surface area contributed by atoms with Crippen LogP contribution in [0.3, 0.4) is 0 Å². The molecule has 0 aliphatic rings. The molecule has 90 valence electrons. The van der Waals surface area contributed by atoms with Crippen LogP contribution >= 0.6 is 0 Å². The van der Waals surface area contributed by atoms with Crippen molar-refractivity contribution < 1.29 is 13.2 Å². The highest BCUT2D eigenvalue weighted by molar-refractivity contribution is 5.35. The molecule has 0 unspecified atom stereocenters. The first-order valence-electron chi connectivity index (χ1n) is 4.76. The van der Waals surface area contributed by atoms with Crippen LogP contribution in [0.4, 0.5) is 19.0 Å². The van der Waals surface area contributed by atoms with Gasteiger partial charge in [0.25, 0.3) is 5.95 Å². The predicted molar refractivity (Wildman–Crippen MR) is 52.6 cm³/mol. The Balaban J connectivity index is 1.97. The van der Waals surface area contributed by atoms with Crippen molar-refractivity contribution in [1.82, 2.24) is 20.0 Å². The fraction of sp³-hybridized carbons (Fsp3) is 0.222.